The molecule has 0 aromatic rings. The zero-order valence-corrected chi connectivity index (χ0v) is 8.99. The van der Waals surface area contributed by atoms with Crippen molar-refractivity contribution >= 4 is 5.97 Å². The summed E-state index contributed by atoms with van der Waals surface area (Å²) < 4.78 is 0. The predicted molar refractivity (Wildman–Crippen MR) is 54.2 cm³/mol. The summed E-state index contributed by atoms with van der Waals surface area (Å²) in [6.07, 6.45) is 4.40. The summed E-state index contributed by atoms with van der Waals surface area (Å²) in [5.74, 6) is -0.808. The number of piperidine rings is 1. The molecule has 1 unspecified atom stereocenters. The predicted octanol–water partition coefficient (Wildman–Crippen LogP) is 1.72. The normalized spacial score (nSPS) is 32.9. The van der Waals surface area contributed by atoms with Crippen molar-refractivity contribution < 1.29 is 9.90 Å². The van der Waals surface area contributed by atoms with Crippen molar-refractivity contribution in [3.05, 3.63) is 0 Å². The van der Waals surface area contributed by atoms with Gasteiger partial charge in [0, 0.05) is 11.6 Å². The highest BCUT2D eigenvalue weighted by molar-refractivity contribution is 5.71. The number of likely N-dealkylation sites (tertiary alicyclic amines) is 1. The zero-order chi connectivity index (χ0) is 10.3. The molecule has 2 aliphatic rings. The molecule has 14 heavy (non-hydrogen) atoms. The van der Waals surface area contributed by atoms with E-state index in [1.54, 1.807) is 0 Å². The lowest BCUT2D eigenvalue weighted by atomic mass is 9.79. The Bertz CT molecular complexity index is 246. The Balaban J connectivity index is 2.16. The summed E-state index contributed by atoms with van der Waals surface area (Å²) in [6, 6.07) is 0.673. The molecule has 2 fully saturated rings. The van der Waals surface area contributed by atoms with E-state index in [0.29, 0.717) is 6.04 Å². The van der Waals surface area contributed by atoms with Gasteiger partial charge < -0.3 is 5.11 Å². The fraction of sp³-hybridized carbons (Fsp3) is 0.909. The first-order chi connectivity index (χ1) is 6.53. The molecule has 3 heteroatoms. The maximum absolute atomic E-state index is 11.1. The topological polar surface area (TPSA) is 40.5 Å². The SMILES string of the molecule is CC1(C)C(C(=O)O)CCCN1C1CC1. The van der Waals surface area contributed by atoms with Crippen LogP contribution in [0, 0.1) is 5.92 Å². The lowest BCUT2D eigenvalue weighted by Gasteiger charge is -2.46. The second-order valence-electron chi connectivity index (χ2n) is 5.11. The minimum Gasteiger partial charge on any atom is -0.481 e. The summed E-state index contributed by atoms with van der Waals surface area (Å²) >= 11 is 0. The molecule has 0 spiro atoms. The van der Waals surface area contributed by atoms with Gasteiger partial charge in [-0.05, 0) is 46.1 Å². The first-order valence-electron chi connectivity index (χ1n) is 5.53. The summed E-state index contributed by atoms with van der Waals surface area (Å²) in [7, 11) is 0. The van der Waals surface area contributed by atoms with Crippen LogP contribution in [-0.2, 0) is 4.79 Å². The van der Waals surface area contributed by atoms with Crippen molar-refractivity contribution in [2.24, 2.45) is 5.92 Å². The maximum atomic E-state index is 11.1. The standard InChI is InChI=1S/C11H19NO2/c1-11(2)9(10(13)14)4-3-7-12(11)8-5-6-8/h8-9H,3-7H2,1-2H3,(H,13,14). The van der Waals surface area contributed by atoms with Crippen molar-refractivity contribution in [2.45, 2.75) is 51.1 Å². The Morgan fingerprint density at radius 1 is 1.36 bits per heavy atom. The molecular formula is C11H19NO2. The molecule has 0 amide bonds. The van der Waals surface area contributed by atoms with Crippen LogP contribution in [-0.4, -0.2) is 34.1 Å². The molecule has 0 bridgehead atoms. The zero-order valence-electron chi connectivity index (χ0n) is 8.99. The van der Waals surface area contributed by atoms with Crippen LogP contribution in [0.1, 0.15) is 39.5 Å². The van der Waals surface area contributed by atoms with E-state index >= 15 is 0 Å². The Labute approximate surface area is 85.1 Å². The summed E-state index contributed by atoms with van der Waals surface area (Å²) in [5, 5.41) is 9.17. The van der Waals surface area contributed by atoms with Gasteiger partial charge in [0.2, 0.25) is 0 Å². The average molecular weight is 197 g/mol. The van der Waals surface area contributed by atoms with Crippen LogP contribution in [0.4, 0.5) is 0 Å². The first-order valence-corrected chi connectivity index (χ1v) is 5.53. The number of carboxylic acids is 1. The molecule has 1 N–H and O–H groups in total. The number of hydrogen-bond donors (Lipinski definition) is 1. The van der Waals surface area contributed by atoms with E-state index in [1.807, 2.05) is 0 Å². The van der Waals surface area contributed by atoms with Gasteiger partial charge in [0.05, 0.1) is 5.92 Å². The first kappa shape index (κ1) is 9.97. The number of hydrogen-bond acceptors (Lipinski definition) is 2. The molecule has 1 saturated heterocycles. The summed E-state index contributed by atoms with van der Waals surface area (Å²) in [4.78, 5) is 13.5. The van der Waals surface area contributed by atoms with Crippen LogP contribution in [0.25, 0.3) is 0 Å². The van der Waals surface area contributed by atoms with Crippen molar-refractivity contribution in [3.63, 3.8) is 0 Å². The van der Waals surface area contributed by atoms with Gasteiger partial charge in [-0.25, -0.2) is 0 Å². The van der Waals surface area contributed by atoms with Gasteiger partial charge in [0.1, 0.15) is 0 Å². The van der Waals surface area contributed by atoms with Crippen molar-refractivity contribution in [1.29, 1.82) is 0 Å². The highest BCUT2D eigenvalue weighted by Gasteiger charge is 2.47. The fourth-order valence-electron chi connectivity index (χ4n) is 2.77. The number of aliphatic carboxylic acids is 1. The van der Waals surface area contributed by atoms with E-state index in [2.05, 4.69) is 18.7 Å². The third kappa shape index (κ3) is 1.54. The molecule has 0 radical (unpaired) electrons. The van der Waals surface area contributed by atoms with Gasteiger partial charge in [0.25, 0.3) is 0 Å². The molecule has 1 aliphatic heterocycles. The monoisotopic (exact) mass is 197 g/mol. The second-order valence-corrected chi connectivity index (χ2v) is 5.11. The quantitative estimate of drug-likeness (QED) is 0.732. The number of rotatable bonds is 2. The van der Waals surface area contributed by atoms with Crippen LogP contribution in [0.2, 0.25) is 0 Å². The molecule has 80 valence electrons. The summed E-state index contributed by atoms with van der Waals surface area (Å²) in [6.45, 7) is 5.26. The Hall–Kier alpha value is -0.570. The fourth-order valence-corrected chi connectivity index (χ4v) is 2.77. The third-order valence-electron chi connectivity index (χ3n) is 3.77. The second kappa shape index (κ2) is 3.23. The number of carboxylic acid groups (broad SMARTS) is 1. The molecule has 1 atom stereocenters. The Morgan fingerprint density at radius 2 is 2.00 bits per heavy atom. The lowest BCUT2D eigenvalue weighted by molar-refractivity contribution is -0.150. The van der Waals surface area contributed by atoms with Gasteiger partial charge in [0.15, 0.2) is 0 Å². The lowest BCUT2D eigenvalue weighted by Crippen LogP contribution is -2.56. The van der Waals surface area contributed by atoms with Gasteiger partial charge >= 0.3 is 5.97 Å². The van der Waals surface area contributed by atoms with Gasteiger partial charge in [-0.15, -0.1) is 0 Å². The largest absolute Gasteiger partial charge is 0.481 e. The van der Waals surface area contributed by atoms with Crippen molar-refractivity contribution in [3.8, 4) is 0 Å². The Morgan fingerprint density at radius 3 is 2.50 bits per heavy atom. The molecule has 3 nitrogen and oxygen atoms in total. The van der Waals surface area contributed by atoms with E-state index in [0.717, 1.165) is 19.4 Å². The summed E-state index contributed by atoms with van der Waals surface area (Å²) in [5.41, 5.74) is -0.148. The highest BCUT2D eigenvalue weighted by atomic mass is 16.4. The van der Waals surface area contributed by atoms with E-state index in [4.69, 9.17) is 5.11 Å². The molecular weight excluding hydrogens is 178 g/mol. The van der Waals surface area contributed by atoms with E-state index in [-0.39, 0.29) is 11.5 Å². The van der Waals surface area contributed by atoms with E-state index < -0.39 is 5.97 Å². The third-order valence-corrected chi connectivity index (χ3v) is 3.77. The average Bonchev–Trinajstić information content (AvgIpc) is 2.85. The van der Waals surface area contributed by atoms with Crippen LogP contribution < -0.4 is 0 Å². The molecule has 2 rings (SSSR count). The van der Waals surface area contributed by atoms with Crippen LogP contribution in [0.15, 0.2) is 0 Å². The highest BCUT2D eigenvalue weighted by Crippen LogP contribution is 2.41. The molecule has 0 aromatic heterocycles. The van der Waals surface area contributed by atoms with Crippen LogP contribution in [0.3, 0.4) is 0 Å². The number of carbonyl (C=O) groups is 1. The van der Waals surface area contributed by atoms with Gasteiger partial charge in [-0.1, -0.05) is 0 Å². The maximum Gasteiger partial charge on any atom is 0.308 e. The van der Waals surface area contributed by atoms with Crippen LogP contribution in [0.5, 0.6) is 0 Å². The van der Waals surface area contributed by atoms with E-state index in [1.165, 1.54) is 12.8 Å². The molecule has 1 aliphatic carbocycles. The van der Waals surface area contributed by atoms with Gasteiger partial charge in [-0.2, -0.15) is 0 Å². The smallest absolute Gasteiger partial charge is 0.308 e. The molecule has 1 saturated carbocycles. The minimum absolute atomic E-state index is 0.148. The minimum atomic E-state index is -0.625. The van der Waals surface area contributed by atoms with Crippen molar-refractivity contribution in [2.75, 3.05) is 6.54 Å². The van der Waals surface area contributed by atoms with Crippen molar-refractivity contribution in [1.82, 2.24) is 4.90 Å². The van der Waals surface area contributed by atoms with Crippen LogP contribution >= 0.6 is 0 Å². The van der Waals surface area contributed by atoms with Gasteiger partial charge in [-0.3, -0.25) is 9.69 Å². The Kier molecular flexibility index (Phi) is 2.30. The molecule has 0 aromatic carbocycles. The number of nitrogens with zero attached hydrogens (tertiary/aromatic N) is 1. The van der Waals surface area contributed by atoms with E-state index in [9.17, 15) is 4.79 Å². The molecule has 1 heterocycles.